The molecule has 9 heteroatoms. The van der Waals surface area contributed by atoms with Crippen LogP contribution >= 0.6 is 11.3 Å². The van der Waals surface area contributed by atoms with Crippen molar-refractivity contribution in [1.82, 2.24) is 25.2 Å². The van der Waals surface area contributed by atoms with Crippen LogP contribution in [0.5, 0.6) is 0 Å². The molecule has 1 aliphatic heterocycles. The van der Waals surface area contributed by atoms with Crippen molar-refractivity contribution < 1.29 is 9.59 Å². The first-order valence-corrected chi connectivity index (χ1v) is 8.53. The van der Waals surface area contributed by atoms with Crippen molar-refractivity contribution in [2.24, 2.45) is 5.92 Å². The van der Waals surface area contributed by atoms with E-state index < -0.39 is 5.56 Å². The molecule has 1 aliphatic rings. The predicted octanol–water partition coefficient (Wildman–Crippen LogP) is 0.509. The molecule has 0 aliphatic carbocycles. The molecule has 1 saturated heterocycles. The van der Waals surface area contributed by atoms with E-state index in [0.717, 1.165) is 12.8 Å². The van der Waals surface area contributed by atoms with Crippen LogP contribution in [0.3, 0.4) is 0 Å². The highest BCUT2D eigenvalue weighted by atomic mass is 32.1. The fourth-order valence-corrected chi connectivity index (χ4v) is 3.18. The maximum atomic E-state index is 12.3. The van der Waals surface area contributed by atoms with E-state index in [-0.39, 0.29) is 17.5 Å². The Morgan fingerprint density at radius 2 is 2.17 bits per heavy atom. The van der Waals surface area contributed by atoms with Crippen LogP contribution < -0.4 is 10.9 Å². The largest absolute Gasteiger partial charge is 0.351 e. The first kappa shape index (κ1) is 16.3. The Kier molecular flexibility index (Phi) is 4.99. The van der Waals surface area contributed by atoms with Crippen molar-refractivity contribution in [2.45, 2.75) is 12.8 Å². The minimum absolute atomic E-state index is 0.0746. The maximum Gasteiger partial charge on any atom is 0.279 e. The zero-order chi connectivity index (χ0) is 16.9. The van der Waals surface area contributed by atoms with E-state index in [4.69, 9.17) is 0 Å². The van der Waals surface area contributed by atoms with Gasteiger partial charge in [0.05, 0.1) is 11.7 Å². The summed E-state index contributed by atoms with van der Waals surface area (Å²) in [5, 5.41) is 2.90. The number of thiazole rings is 1. The molecule has 0 saturated carbocycles. The van der Waals surface area contributed by atoms with Crippen molar-refractivity contribution in [3.05, 3.63) is 45.0 Å². The van der Waals surface area contributed by atoms with E-state index in [1.807, 2.05) is 0 Å². The number of H-pyrrole nitrogens is 1. The van der Waals surface area contributed by atoms with Gasteiger partial charge < -0.3 is 15.2 Å². The number of hydrogen-bond donors (Lipinski definition) is 2. The van der Waals surface area contributed by atoms with Gasteiger partial charge in [-0.3, -0.25) is 19.4 Å². The minimum atomic E-state index is -0.471. The smallest absolute Gasteiger partial charge is 0.279 e. The monoisotopic (exact) mass is 347 g/mol. The number of amides is 2. The molecule has 0 aromatic carbocycles. The van der Waals surface area contributed by atoms with Crippen LogP contribution in [-0.2, 0) is 0 Å². The van der Waals surface area contributed by atoms with Gasteiger partial charge in [-0.2, -0.15) is 0 Å². The molecule has 126 valence electrons. The highest BCUT2D eigenvalue weighted by Crippen LogP contribution is 2.17. The average molecular weight is 347 g/mol. The second kappa shape index (κ2) is 7.35. The van der Waals surface area contributed by atoms with Crippen LogP contribution in [-0.4, -0.2) is 51.3 Å². The van der Waals surface area contributed by atoms with Crippen LogP contribution in [0.4, 0.5) is 0 Å². The van der Waals surface area contributed by atoms with Gasteiger partial charge in [-0.15, -0.1) is 11.3 Å². The van der Waals surface area contributed by atoms with Crippen molar-refractivity contribution in [2.75, 3.05) is 19.6 Å². The molecule has 8 nitrogen and oxygen atoms in total. The third kappa shape index (κ3) is 3.67. The Hall–Kier alpha value is -2.55. The second-order valence-corrected chi connectivity index (χ2v) is 6.46. The fourth-order valence-electron chi connectivity index (χ4n) is 2.65. The molecule has 0 spiro atoms. The lowest BCUT2D eigenvalue weighted by Gasteiger charge is -2.31. The lowest BCUT2D eigenvalue weighted by Crippen LogP contribution is -2.43. The van der Waals surface area contributed by atoms with Crippen LogP contribution in [0.25, 0.3) is 0 Å². The van der Waals surface area contributed by atoms with Crippen LogP contribution in [0.2, 0.25) is 0 Å². The summed E-state index contributed by atoms with van der Waals surface area (Å²) in [5.41, 5.74) is 1.08. The predicted molar refractivity (Wildman–Crippen MR) is 87.9 cm³/mol. The van der Waals surface area contributed by atoms with E-state index in [1.165, 1.54) is 23.7 Å². The van der Waals surface area contributed by atoms with E-state index >= 15 is 0 Å². The minimum Gasteiger partial charge on any atom is -0.351 e. The summed E-state index contributed by atoms with van der Waals surface area (Å²) in [6.07, 6.45) is 5.90. The molecule has 2 N–H and O–H groups in total. The number of aromatic nitrogens is 3. The van der Waals surface area contributed by atoms with E-state index in [2.05, 4.69) is 20.3 Å². The Balaban J connectivity index is 1.49. The average Bonchev–Trinajstić information content (AvgIpc) is 3.15. The summed E-state index contributed by atoms with van der Waals surface area (Å²) in [6.45, 7) is 1.68. The number of rotatable bonds is 4. The summed E-state index contributed by atoms with van der Waals surface area (Å²) in [4.78, 5) is 48.3. The lowest BCUT2D eigenvalue weighted by atomic mass is 9.96. The number of piperidine rings is 1. The fraction of sp³-hybridized carbons (Fsp3) is 0.400. The SMILES string of the molecule is O=C(NCC1CCN(C(=O)c2ncc[nH]c2=O)CC1)c1cncs1. The molecule has 0 bridgehead atoms. The van der Waals surface area contributed by atoms with Crippen LogP contribution in [0.15, 0.2) is 28.9 Å². The van der Waals surface area contributed by atoms with E-state index in [1.54, 1.807) is 16.6 Å². The molecule has 0 radical (unpaired) electrons. The summed E-state index contributed by atoms with van der Waals surface area (Å²) in [6, 6.07) is 0. The molecule has 3 rings (SSSR count). The Morgan fingerprint density at radius 3 is 2.83 bits per heavy atom. The first-order chi connectivity index (χ1) is 11.6. The summed E-state index contributed by atoms with van der Waals surface area (Å²) in [7, 11) is 0. The number of nitrogens with one attached hydrogen (secondary N) is 2. The lowest BCUT2D eigenvalue weighted by molar-refractivity contribution is 0.0676. The van der Waals surface area contributed by atoms with Crippen LogP contribution in [0, 0.1) is 5.92 Å². The Bertz CT molecular complexity index is 765. The number of hydrogen-bond acceptors (Lipinski definition) is 6. The number of aromatic amines is 1. The molecular formula is C15H17N5O3S. The van der Waals surface area contributed by atoms with E-state index in [9.17, 15) is 14.4 Å². The molecule has 0 atom stereocenters. The first-order valence-electron chi connectivity index (χ1n) is 7.65. The quantitative estimate of drug-likeness (QED) is 0.838. The molecule has 2 amide bonds. The van der Waals surface area contributed by atoms with Gasteiger partial charge in [-0.1, -0.05) is 0 Å². The normalized spacial score (nSPS) is 15.2. The molecule has 2 aromatic heterocycles. The summed E-state index contributed by atoms with van der Waals surface area (Å²) < 4.78 is 0. The van der Waals surface area contributed by atoms with Crippen LogP contribution in [0.1, 0.15) is 33.0 Å². The molecule has 2 aromatic rings. The summed E-state index contributed by atoms with van der Waals surface area (Å²) in [5.74, 6) is -0.145. The van der Waals surface area contributed by atoms with Gasteiger partial charge in [0.25, 0.3) is 17.4 Å². The zero-order valence-corrected chi connectivity index (χ0v) is 13.7. The Morgan fingerprint density at radius 1 is 1.38 bits per heavy atom. The molecule has 1 fully saturated rings. The second-order valence-electron chi connectivity index (χ2n) is 5.58. The van der Waals surface area contributed by atoms with Crippen molar-refractivity contribution in [3.63, 3.8) is 0 Å². The third-order valence-electron chi connectivity index (χ3n) is 4.02. The highest BCUT2D eigenvalue weighted by molar-refractivity contribution is 7.11. The van der Waals surface area contributed by atoms with Crippen molar-refractivity contribution in [3.8, 4) is 0 Å². The molecule has 24 heavy (non-hydrogen) atoms. The van der Waals surface area contributed by atoms with Gasteiger partial charge in [0.15, 0.2) is 5.69 Å². The van der Waals surface area contributed by atoms with E-state index in [0.29, 0.717) is 30.4 Å². The van der Waals surface area contributed by atoms with Gasteiger partial charge >= 0.3 is 0 Å². The number of likely N-dealkylation sites (tertiary alicyclic amines) is 1. The molecule has 3 heterocycles. The maximum absolute atomic E-state index is 12.3. The van der Waals surface area contributed by atoms with Gasteiger partial charge in [0.1, 0.15) is 4.88 Å². The van der Waals surface area contributed by atoms with Gasteiger partial charge in [-0.05, 0) is 18.8 Å². The Labute approximate surface area is 141 Å². The third-order valence-corrected chi connectivity index (χ3v) is 4.79. The zero-order valence-electron chi connectivity index (χ0n) is 12.9. The standard InChI is InChI=1S/C15H17N5O3S/c21-13(11-8-16-9-24-11)19-7-10-1-5-20(6-2-10)15(23)12-14(22)18-4-3-17-12/h3-4,8-10H,1-2,5-7H2,(H,18,22)(H,19,21). The number of carbonyl (C=O) groups is 2. The summed E-state index contributed by atoms with van der Waals surface area (Å²) >= 11 is 1.31. The van der Waals surface area contributed by atoms with Gasteiger partial charge in [0, 0.05) is 32.0 Å². The topological polar surface area (TPSA) is 108 Å². The van der Waals surface area contributed by atoms with Crippen molar-refractivity contribution >= 4 is 23.2 Å². The molecular weight excluding hydrogens is 330 g/mol. The van der Waals surface area contributed by atoms with Gasteiger partial charge in [0.2, 0.25) is 0 Å². The highest BCUT2D eigenvalue weighted by Gasteiger charge is 2.26. The van der Waals surface area contributed by atoms with Crippen molar-refractivity contribution in [1.29, 1.82) is 0 Å². The number of nitrogens with zero attached hydrogens (tertiary/aromatic N) is 3. The number of carbonyl (C=O) groups excluding carboxylic acids is 2. The van der Waals surface area contributed by atoms with Gasteiger partial charge in [-0.25, -0.2) is 4.98 Å². The molecule has 0 unspecified atom stereocenters.